The number of aliphatic imine (C=N–C) groups is 1. The van der Waals surface area contributed by atoms with Crippen LogP contribution in [0.25, 0.3) is 0 Å². The van der Waals surface area contributed by atoms with E-state index < -0.39 is 5.63 Å². The van der Waals surface area contributed by atoms with Crippen molar-refractivity contribution in [3.05, 3.63) is 63.2 Å². The van der Waals surface area contributed by atoms with Crippen molar-refractivity contribution in [1.82, 2.24) is 0 Å². The zero-order chi connectivity index (χ0) is 17.8. The van der Waals surface area contributed by atoms with Crippen molar-refractivity contribution in [3.63, 3.8) is 0 Å². The predicted octanol–water partition coefficient (Wildman–Crippen LogP) is 4.27. The van der Waals surface area contributed by atoms with Gasteiger partial charge < -0.3 is 9.52 Å². The molecule has 1 unspecified atom stereocenters. The number of aryl methyl sites for hydroxylation is 2. The molecule has 0 saturated heterocycles. The van der Waals surface area contributed by atoms with E-state index in [0.29, 0.717) is 24.4 Å². The molecule has 1 aromatic carbocycles. The van der Waals surface area contributed by atoms with Gasteiger partial charge in [-0.1, -0.05) is 37.6 Å². The molecule has 0 bridgehead atoms. The minimum atomic E-state index is -0.514. The summed E-state index contributed by atoms with van der Waals surface area (Å²) in [5.74, 6) is 1.25. The lowest BCUT2D eigenvalue weighted by Gasteiger charge is -2.16. The van der Waals surface area contributed by atoms with Crippen molar-refractivity contribution < 1.29 is 9.52 Å². The Hall–Kier alpha value is -2.01. The van der Waals surface area contributed by atoms with Crippen molar-refractivity contribution in [1.29, 1.82) is 0 Å². The second-order valence-corrected chi connectivity index (χ2v) is 7.60. The molecule has 25 heavy (non-hydrogen) atoms. The quantitative estimate of drug-likeness (QED) is 0.887. The van der Waals surface area contributed by atoms with Crippen LogP contribution in [-0.2, 0) is 6.42 Å². The molecule has 1 aromatic heterocycles. The molecule has 0 radical (unpaired) electrons. The van der Waals surface area contributed by atoms with Gasteiger partial charge in [-0.05, 0) is 24.5 Å². The van der Waals surface area contributed by atoms with Crippen molar-refractivity contribution >= 4 is 17.5 Å². The molecule has 5 heteroatoms. The lowest BCUT2D eigenvalue weighted by Crippen LogP contribution is -2.17. The van der Waals surface area contributed by atoms with Crippen molar-refractivity contribution in [2.75, 3.05) is 12.3 Å². The highest BCUT2D eigenvalue weighted by Gasteiger charge is 2.23. The highest BCUT2D eigenvalue weighted by atomic mass is 32.2. The molecule has 1 N–H and O–H groups in total. The molecule has 132 valence electrons. The fourth-order valence-electron chi connectivity index (χ4n) is 3.12. The third kappa shape index (κ3) is 4.15. The standard InChI is InChI=1S/C20H23NO3S/c1-3-4-14-5-7-15(8-6-14)18-12-16(21-9-10-25-18)19-17(22)11-13(2)24-20(19)23/h5-8,11,18,22H,3-4,9-10,12H2,1-2H3. The molecule has 2 aromatic rings. The molecule has 0 saturated carbocycles. The minimum Gasteiger partial charge on any atom is -0.507 e. The fraction of sp³-hybridized carbons (Fsp3) is 0.400. The Kier molecular flexibility index (Phi) is 5.63. The van der Waals surface area contributed by atoms with E-state index in [0.717, 1.165) is 18.6 Å². The highest BCUT2D eigenvalue weighted by Crippen LogP contribution is 2.36. The molecular formula is C20H23NO3S. The van der Waals surface area contributed by atoms with Crippen LogP contribution in [0.2, 0.25) is 0 Å². The Balaban J connectivity index is 1.88. The topological polar surface area (TPSA) is 62.8 Å². The van der Waals surface area contributed by atoms with Crippen molar-refractivity contribution in [3.8, 4) is 5.75 Å². The summed E-state index contributed by atoms with van der Waals surface area (Å²) in [5.41, 5.74) is 2.91. The maximum atomic E-state index is 12.2. The second kappa shape index (κ2) is 7.91. The van der Waals surface area contributed by atoms with Gasteiger partial charge in [-0.25, -0.2) is 4.79 Å². The van der Waals surface area contributed by atoms with Crippen LogP contribution in [-0.4, -0.2) is 23.1 Å². The molecule has 1 aliphatic rings. The zero-order valence-corrected chi connectivity index (χ0v) is 15.4. The number of thioether (sulfide) groups is 1. The summed E-state index contributed by atoms with van der Waals surface area (Å²) < 4.78 is 5.16. The average molecular weight is 357 g/mol. The van der Waals surface area contributed by atoms with E-state index >= 15 is 0 Å². The summed E-state index contributed by atoms with van der Waals surface area (Å²) >= 11 is 1.84. The molecular weight excluding hydrogens is 334 g/mol. The molecule has 0 spiro atoms. The predicted molar refractivity (Wildman–Crippen MR) is 103 cm³/mol. The number of hydrogen-bond acceptors (Lipinski definition) is 5. The van der Waals surface area contributed by atoms with E-state index in [1.165, 1.54) is 17.2 Å². The zero-order valence-electron chi connectivity index (χ0n) is 14.6. The van der Waals surface area contributed by atoms with Crippen LogP contribution in [0, 0.1) is 6.92 Å². The Morgan fingerprint density at radius 2 is 2.08 bits per heavy atom. The van der Waals surface area contributed by atoms with Crippen molar-refractivity contribution in [2.24, 2.45) is 4.99 Å². The molecule has 4 nitrogen and oxygen atoms in total. The maximum Gasteiger partial charge on any atom is 0.348 e. The lowest BCUT2D eigenvalue weighted by atomic mass is 10.00. The number of aromatic hydroxyl groups is 1. The van der Waals surface area contributed by atoms with Crippen LogP contribution in [0.15, 0.2) is 44.5 Å². The molecule has 3 rings (SSSR count). The monoisotopic (exact) mass is 357 g/mol. The maximum absolute atomic E-state index is 12.2. The van der Waals surface area contributed by atoms with Gasteiger partial charge in [-0.15, -0.1) is 0 Å². The number of benzene rings is 1. The van der Waals surface area contributed by atoms with Gasteiger partial charge in [0.2, 0.25) is 0 Å². The molecule has 1 aliphatic heterocycles. The van der Waals surface area contributed by atoms with Gasteiger partial charge in [0.25, 0.3) is 0 Å². The van der Waals surface area contributed by atoms with Gasteiger partial charge in [-0.2, -0.15) is 11.8 Å². The van der Waals surface area contributed by atoms with Gasteiger partial charge in [0.15, 0.2) is 0 Å². The Morgan fingerprint density at radius 1 is 1.32 bits per heavy atom. The first kappa shape index (κ1) is 17.8. The summed E-state index contributed by atoms with van der Waals surface area (Å²) in [4.78, 5) is 16.8. The average Bonchev–Trinajstić information content (AvgIpc) is 2.81. The summed E-state index contributed by atoms with van der Waals surface area (Å²) in [7, 11) is 0. The Bertz CT molecular complexity index is 824. The third-order valence-corrected chi connectivity index (χ3v) is 5.58. The van der Waals surface area contributed by atoms with Crippen LogP contribution < -0.4 is 5.63 Å². The van der Waals surface area contributed by atoms with Crippen LogP contribution >= 0.6 is 11.8 Å². The van der Waals surface area contributed by atoms with Crippen molar-refractivity contribution in [2.45, 2.75) is 38.4 Å². The molecule has 2 heterocycles. The van der Waals surface area contributed by atoms with Gasteiger partial charge in [0.1, 0.15) is 17.1 Å². The Labute approximate surface area is 152 Å². The highest BCUT2D eigenvalue weighted by molar-refractivity contribution is 7.99. The van der Waals surface area contributed by atoms with E-state index in [2.05, 4.69) is 36.2 Å². The van der Waals surface area contributed by atoms with E-state index in [1.54, 1.807) is 6.92 Å². The number of rotatable bonds is 4. The van der Waals surface area contributed by atoms with Crippen LogP contribution in [0.4, 0.5) is 0 Å². The smallest absolute Gasteiger partial charge is 0.348 e. The summed E-state index contributed by atoms with van der Waals surface area (Å²) in [6.45, 7) is 4.46. The summed E-state index contributed by atoms with van der Waals surface area (Å²) in [6, 6.07) is 10.2. The fourth-order valence-corrected chi connectivity index (χ4v) is 4.23. The first-order valence-electron chi connectivity index (χ1n) is 8.66. The van der Waals surface area contributed by atoms with Crippen LogP contribution in [0.5, 0.6) is 5.75 Å². The van der Waals surface area contributed by atoms with Gasteiger partial charge in [0.05, 0.1) is 5.71 Å². The first-order chi connectivity index (χ1) is 12.1. The molecule has 0 aliphatic carbocycles. The summed E-state index contributed by atoms with van der Waals surface area (Å²) in [5, 5.41) is 10.4. The first-order valence-corrected chi connectivity index (χ1v) is 9.71. The number of nitrogens with zero attached hydrogens (tertiary/aromatic N) is 1. The van der Waals surface area contributed by atoms with Gasteiger partial charge >= 0.3 is 5.63 Å². The van der Waals surface area contributed by atoms with Crippen LogP contribution in [0.1, 0.15) is 47.5 Å². The second-order valence-electron chi connectivity index (χ2n) is 6.29. The normalized spacial score (nSPS) is 17.8. The van der Waals surface area contributed by atoms with E-state index in [-0.39, 0.29) is 16.6 Å². The molecule has 0 amide bonds. The van der Waals surface area contributed by atoms with Gasteiger partial charge in [-0.3, -0.25) is 4.99 Å². The third-order valence-electron chi connectivity index (χ3n) is 4.32. The Morgan fingerprint density at radius 3 is 2.76 bits per heavy atom. The minimum absolute atomic E-state index is 0.0450. The SMILES string of the molecule is CCCc1ccc(C2CC(c3c(O)cc(C)oc3=O)=NCCS2)cc1. The van der Waals surface area contributed by atoms with E-state index in [9.17, 15) is 9.90 Å². The number of hydrogen-bond donors (Lipinski definition) is 1. The van der Waals surface area contributed by atoms with E-state index in [4.69, 9.17) is 4.42 Å². The summed E-state index contributed by atoms with van der Waals surface area (Å²) in [6.07, 6.45) is 2.83. The molecule has 0 fully saturated rings. The largest absolute Gasteiger partial charge is 0.507 e. The molecule has 1 atom stereocenters. The van der Waals surface area contributed by atoms with Crippen LogP contribution in [0.3, 0.4) is 0 Å². The van der Waals surface area contributed by atoms with Gasteiger partial charge in [0, 0.05) is 30.0 Å². The lowest BCUT2D eigenvalue weighted by molar-refractivity contribution is 0.432. The van der Waals surface area contributed by atoms with E-state index in [1.807, 2.05) is 11.8 Å².